The number of hydrogen-bond donors (Lipinski definition) is 2. The Kier molecular flexibility index (Phi) is 3.05. The monoisotopic (exact) mass is 171 g/mol. The van der Waals surface area contributed by atoms with Crippen molar-refractivity contribution >= 4 is 11.3 Å². The van der Waals surface area contributed by atoms with Gasteiger partial charge in [-0.25, -0.2) is 0 Å². The summed E-state index contributed by atoms with van der Waals surface area (Å²) in [5, 5.41) is 10.9. The van der Waals surface area contributed by atoms with Crippen LogP contribution in [0.3, 0.4) is 0 Å². The molecule has 0 aliphatic rings. The molecule has 0 saturated heterocycles. The minimum Gasteiger partial charge on any atom is -0.391 e. The summed E-state index contributed by atoms with van der Waals surface area (Å²) in [6, 6.07) is 2.08. The molecule has 62 valence electrons. The molecule has 0 fully saturated rings. The van der Waals surface area contributed by atoms with Gasteiger partial charge in [-0.1, -0.05) is 6.92 Å². The van der Waals surface area contributed by atoms with E-state index in [0.29, 0.717) is 0 Å². The Hall–Kier alpha value is -0.380. The molecular formula is C8H13NOS. The van der Waals surface area contributed by atoms with E-state index in [1.165, 1.54) is 0 Å². The van der Waals surface area contributed by atoms with Gasteiger partial charge in [0, 0.05) is 10.9 Å². The number of thiophene rings is 1. The summed E-state index contributed by atoms with van der Waals surface area (Å²) >= 11 is 1.56. The summed E-state index contributed by atoms with van der Waals surface area (Å²) in [4.78, 5) is 0.999. The Balaban J connectivity index is 2.83. The van der Waals surface area contributed by atoms with Crippen LogP contribution >= 0.6 is 11.3 Å². The number of aliphatic hydroxyl groups excluding tert-OH is 1. The highest BCUT2D eigenvalue weighted by Gasteiger charge is 2.08. The van der Waals surface area contributed by atoms with Crippen molar-refractivity contribution in [1.82, 2.24) is 0 Å². The van der Waals surface area contributed by atoms with Crippen molar-refractivity contribution in [1.29, 1.82) is 0 Å². The average Bonchev–Trinajstić information content (AvgIpc) is 2.50. The zero-order chi connectivity index (χ0) is 8.27. The van der Waals surface area contributed by atoms with Gasteiger partial charge in [0.25, 0.3) is 0 Å². The van der Waals surface area contributed by atoms with E-state index in [1.54, 1.807) is 11.3 Å². The minimum absolute atomic E-state index is 0.0865. The molecular weight excluding hydrogens is 158 g/mol. The molecule has 0 radical (unpaired) electrons. The van der Waals surface area contributed by atoms with Crippen molar-refractivity contribution in [2.24, 2.45) is 5.73 Å². The quantitative estimate of drug-likeness (QED) is 0.726. The van der Waals surface area contributed by atoms with Crippen LogP contribution in [0.5, 0.6) is 0 Å². The van der Waals surface area contributed by atoms with Gasteiger partial charge in [-0.3, -0.25) is 0 Å². The standard InChI is InChI=1S/C8H13NOS/c1-2-7(9)6-3-4-11-8(6)5-10/h3-4,7,10H,2,5,9H2,1H3/t7-/m0/s1. The van der Waals surface area contributed by atoms with Crippen LogP contribution in [0.1, 0.15) is 29.8 Å². The number of nitrogens with two attached hydrogens (primary N) is 1. The predicted octanol–water partition coefficient (Wildman–Crippen LogP) is 1.65. The van der Waals surface area contributed by atoms with Crippen LogP contribution in [0.4, 0.5) is 0 Å². The highest BCUT2D eigenvalue weighted by Crippen LogP contribution is 2.23. The highest BCUT2D eigenvalue weighted by atomic mass is 32.1. The molecule has 1 atom stereocenters. The van der Waals surface area contributed by atoms with E-state index in [9.17, 15) is 0 Å². The molecule has 0 spiro atoms. The highest BCUT2D eigenvalue weighted by molar-refractivity contribution is 7.10. The first-order chi connectivity index (χ1) is 5.29. The van der Waals surface area contributed by atoms with Gasteiger partial charge in [0.1, 0.15) is 0 Å². The largest absolute Gasteiger partial charge is 0.391 e. The van der Waals surface area contributed by atoms with Gasteiger partial charge < -0.3 is 10.8 Å². The topological polar surface area (TPSA) is 46.2 Å². The molecule has 0 unspecified atom stereocenters. The maximum atomic E-state index is 8.91. The van der Waals surface area contributed by atoms with Crippen LogP contribution < -0.4 is 5.73 Å². The SMILES string of the molecule is CC[C@H](N)c1ccsc1CO. The Bertz CT molecular complexity index is 222. The second kappa shape index (κ2) is 3.85. The fraction of sp³-hybridized carbons (Fsp3) is 0.500. The zero-order valence-electron chi connectivity index (χ0n) is 6.58. The van der Waals surface area contributed by atoms with E-state index < -0.39 is 0 Å². The first-order valence-corrected chi connectivity index (χ1v) is 4.60. The first-order valence-electron chi connectivity index (χ1n) is 3.72. The van der Waals surface area contributed by atoms with E-state index in [2.05, 4.69) is 0 Å². The van der Waals surface area contributed by atoms with Crippen molar-refractivity contribution in [3.05, 3.63) is 21.9 Å². The third-order valence-corrected chi connectivity index (χ3v) is 2.68. The molecule has 3 N–H and O–H groups in total. The molecule has 1 heterocycles. The third kappa shape index (κ3) is 1.80. The van der Waals surface area contributed by atoms with Crippen molar-refractivity contribution < 1.29 is 5.11 Å². The summed E-state index contributed by atoms with van der Waals surface area (Å²) in [7, 11) is 0. The molecule has 0 amide bonds. The second-order valence-corrected chi connectivity index (χ2v) is 3.47. The van der Waals surface area contributed by atoms with Gasteiger partial charge >= 0.3 is 0 Å². The lowest BCUT2D eigenvalue weighted by Crippen LogP contribution is -2.09. The van der Waals surface area contributed by atoms with Crippen LogP contribution in [0.15, 0.2) is 11.4 Å². The molecule has 0 aliphatic heterocycles. The Morgan fingerprint density at radius 1 is 1.73 bits per heavy atom. The summed E-state index contributed by atoms with van der Waals surface area (Å²) < 4.78 is 0. The van der Waals surface area contributed by atoms with E-state index >= 15 is 0 Å². The van der Waals surface area contributed by atoms with E-state index in [-0.39, 0.29) is 12.6 Å². The van der Waals surface area contributed by atoms with Crippen LogP contribution in [-0.4, -0.2) is 5.11 Å². The molecule has 1 aromatic rings. The molecule has 0 bridgehead atoms. The van der Waals surface area contributed by atoms with Gasteiger partial charge in [0.15, 0.2) is 0 Å². The van der Waals surface area contributed by atoms with Crippen molar-refractivity contribution in [2.75, 3.05) is 0 Å². The molecule has 1 aromatic heterocycles. The fourth-order valence-electron chi connectivity index (χ4n) is 1.03. The molecule has 11 heavy (non-hydrogen) atoms. The Morgan fingerprint density at radius 2 is 2.45 bits per heavy atom. The molecule has 0 aromatic carbocycles. The third-order valence-electron chi connectivity index (χ3n) is 1.76. The zero-order valence-corrected chi connectivity index (χ0v) is 7.40. The lowest BCUT2D eigenvalue weighted by atomic mass is 10.1. The molecule has 2 nitrogen and oxygen atoms in total. The molecule has 0 saturated carbocycles. The van der Waals surface area contributed by atoms with Crippen LogP contribution in [0.25, 0.3) is 0 Å². The molecule has 0 aliphatic carbocycles. The lowest BCUT2D eigenvalue weighted by Gasteiger charge is -2.07. The summed E-state index contributed by atoms with van der Waals surface area (Å²) in [5.74, 6) is 0. The summed E-state index contributed by atoms with van der Waals surface area (Å²) in [5.41, 5.74) is 6.91. The second-order valence-electron chi connectivity index (χ2n) is 2.47. The maximum absolute atomic E-state index is 8.91. The van der Waals surface area contributed by atoms with Gasteiger partial charge in [0.2, 0.25) is 0 Å². The van der Waals surface area contributed by atoms with Crippen molar-refractivity contribution in [3.63, 3.8) is 0 Å². The first kappa shape index (κ1) is 8.71. The van der Waals surface area contributed by atoms with Crippen LogP contribution in [0, 0.1) is 0 Å². The van der Waals surface area contributed by atoms with Crippen LogP contribution in [-0.2, 0) is 6.61 Å². The number of aliphatic hydroxyl groups is 1. The predicted molar refractivity (Wildman–Crippen MR) is 47.5 cm³/mol. The maximum Gasteiger partial charge on any atom is 0.0777 e. The van der Waals surface area contributed by atoms with Gasteiger partial charge in [0.05, 0.1) is 6.61 Å². The molecule has 3 heteroatoms. The van der Waals surface area contributed by atoms with Crippen LogP contribution in [0.2, 0.25) is 0 Å². The number of rotatable bonds is 3. The summed E-state index contributed by atoms with van der Waals surface area (Å²) in [6.45, 7) is 2.16. The number of hydrogen-bond acceptors (Lipinski definition) is 3. The minimum atomic E-state index is 0.0865. The smallest absolute Gasteiger partial charge is 0.0777 e. The normalized spacial score (nSPS) is 13.4. The average molecular weight is 171 g/mol. The van der Waals surface area contributed by atoms with Crippen molar-refractivity contribution in [3.8, 4) is 0 Å². The fourth-order valence-corrected chi connectivity index (χ4v) is 1.84. The van der Waals surface area contributed by atoms with E-state index in [1.807, 2.05) is 18.4 Å². The van der Waals surface area contributed by atoms with Gasteiger partial charge in [-0.05, 0) is 23.4 Å². The van der Waals surface area contributed by atoms with E-state index in [0.717, 1.165) is 16.9 Å². The van der Waals surface area contributed by atoms with Gasteiger partial charge in [-0.15, -0.1) is 11.3 Å². The lowest BCUT2D eigenvalue weighted by molar-refractivity contribution is 0.283. The van der Waals surface area contributed by atoms with Crippen molar-refractivity contribution in [2.45, 2.75) is 26.0 Å². The summed E-state index contributed by atoms with van der Waals surface area (Å²) in [6.07, 6.45) is 0.920. The van der Waals surface area contributed by atoms with E-state index in [4.69, 9.17) is 10.8 Å². The molecule has 1 rings (SSSR count). The van der Waals surface area contributed by atoms with Gasteiger partial charge in [-0.2, -0.15) is 0 Å². The Labute approximate surface area is 70.7 Å². The Morgan fingerprint density at radius 3 is 3.00 bits per heavy atom.